The first-order chi connectivity index (χ1) is 12.2. The van der Waals surface area contributed by atoms with Crippen LogP contribution in [0.1, 0.15) is 0 Å². The molecule has 1 unspecified atom stereocenters. The Kier molecular flexibility index (Phi) is 4.10. The Bertz CT molecular complexity index is 903. The zero-order valence-corrected chi connectivity index (χ0v) is 14.3. The molecule has 8 nitrogen and oxygen atoms in total. The third kappa shape index (κ3) is 2.85. The van der Waals surface area contributed by atoms with Crippen molar-refractivity contribution < 1.29 is 9.47 Å². The topological polar surface area (TPSA) is 114 Å². The Hall–Kier alpha value is -2.52. The van der Waals surface area contributed by atoms with Crippen LogP contribution in [0.3, 0.4) is 0 Å². The first kappa shape index (κ1) is 16.0. The van der Waals surface area contributed by atoms with Crippen LogP contribution in [0.15, 0.2) is 47.3 Å². The van der Waals surface area contributed by atoms with E-state index in [1.54, 1.807) is 11.8 Å². The monoisotopic (exact) mass is 358 g/mol. The van der Waals surface area contributed by atoms with Gasteiger partial charge >= 0.3 is 0 Å². The summed E-state index contributed by atoms with van der Waals surface area (Å²) in [5.74, 6) is 1.84. The molecule has 1 aliphatic heterocycles. The summed E-state index contributed by atoms with van der Waals surface area (Å²) in [4.78, 5) is 12.9. The van der Waals surface area contributed by atoms with Crippen molar-refractivity contribution in [2.75, 3.05) is 25.5 Å². The highest BCUT2D eigenvalue weighted by Gasteiger charge is 2.26. The smallest absolute Gasteiger partial charge is 0.171 e. The van der Waals surface area contributed by atoms with E-state index < -0.39 is 0 Å². The molecule has 4 N–H and O–H groups in total. The van der Waals surface area contributed by atoms with Crippen LogP contribution in [-0.2, 0) is 16.0 Å². The number of allylic oxidation sites excluding steroid dienone is 1. The SMILES string of the molecule is C=C1C=C2OCCOC2=CC1Sc1nc2c(N)ncnc2n1CCN. The van der Waals surface area contributed by atoms with Crippen LogP contribution >= 0.6 is 11.8 Å². The maximum atomic E-state index is 5.94. The fourth-order valence-corrected chi connectivity index (χ4v) is 3.85. The van der Waals surface area contributed by atoms with Gasteiger partial charge in [0.2, 0.25) is 0 Å². The van der Waals surface area contributed by atoms with Crippen molar-refractivity contribution in [1.29, 1.82) is 0 Å². The minimum atomic E-state index is -0.0250. The molecule has 1 fully saturated rings. The van der Waals surface area contributed by atoms with E-state index >= 15 is 0 Å². The minimum absolute atomic E-state index is 0.0250. The fourth-order valence-electron chi connectivity index (χ4n) is 2.76. The van der Waals surface area contributed by atoms with Crippen LogP contribution in [-0.4, -0.2) is 44.5 Å². The molecule has 0 saturated carbocycles. The van der Waals surface area contributed by atoms with Crippen LogP contribution in [0.2, 0.25) is 0 Å². The van der Waals surface area contributed by atoms with Gasteiger partial charge in [-0.05, 0) is 17.7 Å². The Morgan fingerprint density at radius 1 is 1.28 bits per heavy atom. The summed E-state index contributed by atoms with van der Waals surface area (Å²) in [6.07, 6.45) is 5.35. The van der Waals surface area contributed by atoms with Crippen molar-refractivity contribution in [3.05, 3.63) is 42.1 Å². The molecule has 4 rings (SSSR count). The maximum Gasteiger partial charge on any atom is 0.171 e. The zero-order valence-electron chi connectivity index (χ0n) is 13.5. The molecule has 2 aromatic heterocycles. The Morgan fingerprint density at radius 2 is 2.08 bits per heavy atom. The number of fused-ring (bicyclic) bond motifs is 2. The van der Waals surface area contributed by atoms with Crippen molar-refractivity contribution in [1.82, 2.24) is 19.5 Å². The quantitative estimate of drug-likeness (QED) is 0.838. The van der Waals surface area contributed by atoms with Gasteiger partial charge in [0.1, 0.15) is 19.5 Å². The lowest BCUT2D eigenvalue weighted by Gasteiger charge is -2.27. The number of nitrogens with zero attached hydrogens (tertiary/aromatic N) is 4. The predicted molar refractivity (Wildman–Crippen MR) is 95.6 cm³/mol. The van der Waals surface area contributed by atoms with Crippen LogP contribution < -0.4 is 11.5 Å². The molecule has 2 aromatic rings. The molecule has 0 spiro atoms. The van der Waals surface area contributed by atoms with Crippen molar-refractivity contribution in [2.24, 2.45) is 5.73 Å². The molecule has 130 valence electrons. The third-order valence-electron chi connectivity index (χ3n) is 3.94. The van der Waals surface area contributed by atoms with E-state index in [0.29, 0.717) is 43.3 Å². The molecule has 1 atom stereocenters. The maximum absolute atomic E-state index is 5.94. The molecular weight excluding hydrogens is 340 g/mol. The number of aromatic nitrogens is 4. The number of hydrogen-bond acceptors (Lipinski definition) is 8. The molecule has 0 aromatic carbocycles. The van der Waals surface area contributed by atoms with Gasteiger partial charge in [0.05, 0.1) is 5.25 Å². The van der Waals surface area contributed by atoms with E-state index in [2.05, 4.69) is 21.5 Å². The number of thioether (sulfide) groups is 1. The van der Waals surface area contributed by atoms with Crippen LogP contribution in [0.4, 0.5) is 5.82 Å². The van der Waals surface area contributed by atoms with Gasteiger partial charge in [-0.25, -0.2) is 15.0 Å². The Morgan fingerprint density at radius 3 is 2.88 bits per heavy atom. The number of nitrogens with two attached hydrogens (primary N) is 2. The number of anilines is 1. The predicted octanol–water partition coefficient (Wildman–Crippen LogP) is 1.21. The van der Waals surface area contributed by atoms with Gasteiger partial charge in [-0.2, -0.15) is 0 Å². The average Bonchev–Trinajstić information content (AvgIpc) is 2.95. The highest BCUT2D eigenvalue weighted by Crippen LogP contribution is 2.37. The zero-order chi connectivity index (χ0) is 17.4. The Labute approximate surface area is 148 Å². The summed E-state index contributed by atoms with van der Waals surface area (Å²) in [7, 11) is 0. The number of rotatable bonds is 4. The van der Waals surface area contributed by atoms with E-state index in [-0.39, 0.29) is 5.25 Å². The minimum Gasteiger partial charge on any atom is -0.486 e. The van der Waals surface area contributed by atoms with E-state index in [9.17, 15) is 0 Å². The lowest BCUT2D eigenvalue weighted by molar-refractivity contribution is 0.0582. The van der Waals surface area contributed by atoms with Gasteiger partial charge in [0.25, 0.3) is 0 Å². The average molecular weight is 358 g/mol. The van der Waals surface area contributed by atoms with Crippen molar-refractivity contribution in [2.45, 2.75) is 17.0 Å². The van der Waals surface area contributed by atoms with Gasteiger partial charge in [0.15, 0.2) is 33.7 Å². The van der Waals surface area contributed by atoms with Crippen molar-refractivity contribution in [3.63, 3.8) is 0 Å². The van der Waals surface area contributed by atoms with Gasteiger partial charge in [-0.3, -0.25) is 0 Å². The van der Waals surface area contributed by atoms with Crippen LogP contribution in [0, 0.1) is 0 Å². The van der Waals surface area contributed by atoms with Crippen molar-refractivity contribution >= 4 is 28.7 Å². The standard InChI is InChI=1S/C16H18N6O2S/c1-9-6-10-11(24-5-4-23-10)7-12(9)25-16-21-13-14(18)19-8-20-15(13)22(16)3-2-17/h6-8,12H,1-5,17H2,(H2,18,19,20). The Balaban J connectivity index is 1.70. The van der Waals surface area contributed by atoms with Gasteiger partial charge in [-0.15, -0.1) is 0 Å². The molecule has 9 heteroatoms. The second-order valence-corrected chi connectivity index (χ2v) is 6.72. The second kappa shape index (κ2) is 6.41. The number of imidazole rings is 1. The third-order valence-corrected chi connectivity index (χ3v) is 5.15. The number of ether oxygens (including phenoxy) is 2. The van der Waals surface area contributed by atoms with Crippen LogP contribution in [0.25, 0.3) is 11.2 Å². The lowest BCUT2D eigenvalue weighted by atomic mass is 10.1. The number of nitrogen functional groups attached to an aromatic ring is 1. The first-order valence-electron chi connectivity index (χ1n) is 7.89. The summed E-state index contributed by atoms with van der Waals surface area (Å²) in [5, 5.41) is 0.743. The van der Waals surface area contributed by atoms with Gasteiger partial charge in [0, 0.05) is 13.1 Å². The second-order valence-electron chi connectivity index (χ2n) is 5.62. The van der Waals surface area contributed by atoms with E-state index in [0.717, 1.165) is 22.2 Å². The molecule has 1 saturated heterocycles. The fraction of sp³-hybridized carbons (Fsp3) is 0.312. The highest BCUT2D eigenvalue weighted by atomic mass is 32.2. The van der Waals surface area contributed by atoms with Crippen LogP contribution in [0.5, 0.6) is 0 Å². The molecular formula is C16H18N6O2S. The molecule has 3 heterocycles. The van der Waals surface area contributed by atoms with E-state index in [1.165, 1.54) is 6.33 Å². The largest absolute Gasteiger partial charge is 0.486 e. The normalized spacial score (nSPS) is 19.7. The summed E-state index contributed by atoms with van der Waals surface area (Å²) in [6, 6.07) is 0. The van der Waals surface area contributed by atoms with Gasteiger partial charge < -0.3 is 25.5 Å². The highest BCUT2D eigenvalue weighted by molar-refractivity contribution is 8.00. The van der Waals surface area contributed by atoms with Gasteiger partial charge in [-0.1, -0.05) is 18.3 Å². The molecule has 0 amide bonds. The molecule has 2 aliphatic rings. The number of hydrogen-bond donors (Lipinski definition) is 2. The molecule has 1 aliphatic carbocycles. The molecule has 25 heavy (non-hydrogen) atoms. The summed E-state index contributed by atoms with van der Waals surface area (Å²) < 4.78 is 13.2. The summed E-state index contributed by atoms with van der Waals surface area (Å²) >= 11 is 1.55. The summed E-state index contributed by atoms with van der Waals surface area (Å²) in [6.45, 7) is 6.30. The first-order valence-corrected chi connectivity index (χ1v) is 8.77. The van der Waals surface area contributed by atoms with E-state index in [1.807, 2.05) is 16.7 Å². The molecule has 0 radical (unpaired) electrons. The van der Waals surface area contributed by atoms with Crippen molar-refractivity contribution in [3.8, 4) is 0 Å². The molecule has 0 bridgehead atoms. The summed E-state index contributed by atoms with van der Waals surface area (Å²) in [5.41, 5.74) is 13.9. The van der Waals surface area contributed by atoms with E-state index in [4.69, 9.17) is 20.9 Å². The lowest BCUT2D eigenvalue weighted by Crippen LogP contribution is -2.20.